The molecule has 8 nitrogen and oxygen atoms in total. The lowest BCUT2D eigenvalue weighted by molar-refractivity contribution is -0.140. The first-order chi connectivity index (χ1) is 16.9. The molecule has 0 bridgehead atoms. The number of nitrogens with zero attached hydrogens (tertiary/aromatic N) is 1. The van der Waals surface area contributed by atoms with Gasteiger partial charge in [-0.15, -0.1) is 6.58 Å². The molecule has 0 spiro atoms. The predicted octanol–water partition coefficient (Wildman–Crippen LogP) is 4.19. The van der Waals surface area contributed by atoms with E-state index in [0.717, 1.165) is 16.7 Å². The van der Waals surface area contributed by atoms with Crippen molar-refractivity contribution in [1.29, 1.82) is 0 Å². The van der Waals surface area contributed by atoms with Gasteiger partial charge in [-0.25, -0.2) is 4.79 Å². The summed E-state index contributed by atoms with van der Waals surface area (Å²) in [5.41, 5.74) is 3.15. The second-order valence-corrected chi connectivity index (χ2v) is 9.79. The molecule has 0 aromatic heterocycles. The summed E-state index contributed by atoms with van der Waals surface area (Å²) < 4.78 is 5.24. The van der Waals surface area contributed by atoms with Crippen LogP contribution in [0.15, 0.2) is 55.1 Å². The Hall–Kier alpha value is -3.65. The van der Waals surface area contributed by atoms with Crippen molar-refractivity contribution >= 4 is 23.6 Å². The van der Waals surface area contributed by atoms with E-state index in [1.54, 1.807) is 26.8 Å². The maximum absolute atomic E-state index is 13.7. The molecule has 0 aliphatic heterocycles. The summed E-state index contributed by atoms with van der Waals surface area (Å²) in [5, 5.41) is 15.3. The Morgan fingerprint density at radius 2 is 1.69 bits per heavy atom. The number of aliphatic hydroxyl groups excluding tert-OH is 1. The van der Waals surface area contributed by atoms with Crippen LogP contribution < -0.4 is 10.6 Å². The second-order valence-electron chi connectivity index (χ2n) is 9.79. The normalized spacial score (nSPS) is 12.8. The zero-order valence-corrected chi connectivity index (χ0v) is 21.9. The van der Waals surface area contributed by atoms with E-state index in [1.807, 2.05) is 57.2 Å². The summed E-state index contributed by atoms with van der Waals surface area (Å²) in [6.45, 7) is 13.8. The molecule has 2 aromatic rings. The number of anilines is 1. The maximum Gasteiger partial charge on any atom is 0.408 e. The second kappa shape index (κ2) is 12.4. The van der Waals surface area contributed by atoms with Crippen LogP contribution in [0.2, 0.25) is 0 Å². The van der Waals surface area contributed by atoms with E-state index >= 15 is 0 Å². The summed E-state index contributed by atoms with van der Waals surface area (Å²) in [5.74, 6) is -1.08. The fourth-order valence-corrected chi connectivity index (χ4v) is 3.85. The Bertz CT molecular complexity index is 1090. The van der Waals surface area contributed by atoms with Gasteiger partial charge in [0.2, 0.25) is 5.91 Å². The Kier molecular flexibility index (Phi) is 9.81. The number of amides is 3. The SMILES string of the molecule is C=CCN(C(=O)C(CO)NC(=O)OC(C)(C)C)C(C(=O)Nc1ccccc1C)c1cc(C)cc(C)c1. The van der Waals surface area contributed by atoms with Gasteiger partial charge in [0.1, 0.15) is 17.7 Å². The number of ether oxygens (including phenoxy) is 1. The predicted molar refractivity (Wildman–Crippen MR) is 141 cm³/mol. The van der Waals surface area contributed by atoms with Crippen LogP contribution in [0.1, 0.15) is 49.1 Å². The molecular weight excluding hydrogens is 458 g/mol. The highest BCUT2D eigenvalue weighted by atomic mass is 16.6. The lowest BCUT2D eigenvalue weighted by atomic mass is 9.98. The molecule has 8 heteroatoms. The summed E-state index contributed by atoms with van der Waals surface area (Å²) in [6, 6.07) is 10.6. The molecule has 194 valence electrons. The fourth-order valence-electron chi connectivity index (χ4n) is 3.85. The van der Waals surface area contributed by atoms with E-state index in [-0.39, 0.29) is 6.54 Å². The van der Waals surface area contributed by atoms with E-state index in [9.17, 15) is 19.5 Å². The average Bonchev–Trinajstić information content (AvgIpc) is 2.76. The van der Waals surface area contributed by atoms with Crippen LogP contribution in [0.5, 0.6) is 0 Å². The summed E-state index contributed by atoms with van der Waals surface area (Å²) in [4.78, 5) is 41.0. The van der Waals surface area contributed by atoms with Crippen molar-refractivity contribution in [2.45, 2.75) is 59.2 Å². The largest absolute Gasteiger partial charge is 0.444 e. The standard InChI is InChI=1S/C28H37N3O5/c1-8-13-31(26(34)23(17-32)30-27(35)36-28(5,6)7)24(21-15-18(2)14-19(3)16-21)25(33)29-22-12-10-9-11-20(22)4/h8-12,14-16,23-24,32H,1,13,17H2,2-7H3,(H,29,33)(H,30,35). The third-order valence-electron chi connectivity index (χ3n) is 5.30. The fraction of sp³-hybridized carbons (Fsp3) is 0.393. The molecule has 0 fully saturated rings. The lowest BCUT2D eigenvalue weighted by Crippen LogP contribution is -2.53. The van der Waals surface area contributed by atoms with E-state index in [1.165, 1.54) is 11.0 Å². The van der Waals surface area contributed by atoms with E-state index < -0.39 is 42.2 Å². The van der Waals surface area contributed by atoms with Gasteiger partial charge in [-0.1, -0.05) is 53.6 Å². The summed E-state index contributed by atoms with van der Waals surface area (Å²) in [6.07, 6.45) is 0.650. The minimum atomic E-state index is -1.32. The number of carbonyl (C=O) groups is 3. The highest BCUT2D eigenvalue weighted by molar-refractivity contribution is 5.99. The van der Waals surface area contributed by atoms with Crippen LogP contribution in [0.25, 0.3) is 0 Å². The van der Waals surface area contributed by atoms with Gasteiger partial charge in [-0.05, 0) is 58.7 Å². The number of carbonyl (C=O) groups excluding carboxylic acids is 3. The minimum Gasteiger partial charge on any atom is -0.444 e. The Labute approximate surface area is 213 Å². The Morgan fingerprint density at radius 3 is 2.22 bits per heavy atom. The highest BCUT2D eigenvalue weighted by Gasteiger charge is 2.36. The maximum atomic E-state index is 13.7. The van der Waals surface area contributed by atoms with Gasteiger partial charge < -0.3 is 25.4 Å². The number of aliphatic hydroxyl groups is 1. The van der Waals surface area contributed by atoms with E-state index in [4.69, 9.17) is 4.74 Å². The molecule has 0 heterocycles. The van der Waals surface area contributed by atoms with Gasteiger partial charge in [-0.3, -0.25) is 9.59 Å². The van der Waals surface area contributed by atoms with Gasteiger partial charge in [-0.2, -0.15) is 0 Å². The third-order valence-corrected chi connectivity index (χ3v) is 5.30. The van der Waals surface area contributed by atoms with Gasteiger partial charge in [0.25, 0.3) is 5.91 Å². The number of rotatable bonds is 9. The Morgan fingerprint density at radius 1 is 1.08 bits per heavy atom. The zero-order valence-electron chi connectivity index (χ0n) is 21.9. The third kappa shape index (κ3) is 7.95. The quantitative estimate of drug-likeness (QED) is 0.452. The molecule has 2 atom stereocenters. The van der Waals surface area contributed by atoms with Crippen LogP contribution in [0, 0.1) is 20.8 Å². The number of alkyl carbamates (subject to hydrolysis) is 1. The summed E-state index contributed by atoms with van der Waals surface area (Å²) >= 11 is 0. The van der Waals surface area contributed by atoms with Crippen molar-refractivity contribution in [2.24, 2.45) is 0 Å². The molecule has 0 saturated heterocycles. The molecule has 0 aliphatic rings. The van der Waals surface area contributed by atoms with Crippen molar-refractivity contribution < 1.29 is 24.2 Å². The lowest BCUT2D eigenvalue weighted by Gasteiger charge is -2.33. The smallest absolute Gasteiger partial charge is 0.408 e. The zero-order chi connectivity index (χ0) is 27.0. The molecule has 0 radical (unpaired) electrons. The molecule has 2 rings (SSSR count). The first-order valence-electron chi connectivity index (χ1n) is 11.8. The topological polar surface area (TPSA) is 108 Å². The van der Waals surface area contributed by atoms with E-state index in [2.05, 4.69) is 17.2 Å². The molecule has 2 unspecified atom stereocenters. The van der Waals surface area contributed by atoms with Crippen molar-refractivity contribution in [1.82, 2.24) is 10.2 Å². The molecule has 3 N–H and O–H groups in total. The van der Waals surface area contributed by atoms with Crippen LogP contribution >= 0.6 is 0 Å². The number of hydrogen-bond acceptors (Lipinski definition) is 5. The average molecular weight is 496 g/mol. The molecule has 0 saturated carbocycles. The van der Waals surface area contributed by atoms with Crippen LogP contribution in [0.3, 0.4) is 0 Å². The van der Waals surface area contributed by atoms with Crippen molar-refractivity contribution in [2.75, 3.05) is 18.5 Å². The highest BCUT2D eigenvalue weighted by Crippen LogP contribution is 2.27. The molecule has 36 heavy (non-hydrogen) atoms. The number of nitrogens with one attached hydrogen (secondary N) is 2. The molecule has 0 aliphatic carbocycles. The number of para-hydroxylation sites is 1. The number of aryl methyl sites for hydroxylation is 3. The first kappa shape index (κ1) is 28.6. The minimum absolute atomic E-state index is 0.00415. The van der Waals surface area contributed by atoms with Crippen LogP contribution in [0.4, 0.5) is 10.5 Å². The first-order valence-corrected chi connectivity index (χ1v) is 11.8. The van der Waals surface area contributed by atoms with Crippen molar-refractivity contribution in [3.63, 3.8) is 0 Å². The summed E-state index contributed by atoms with van der Waals surface area (Å²) in [7, 11) is 0. The van der Waals surface area contributed by atoms with Gasteiger partial charge in [0.15, 0.2) is 0 Å². The number of benzene rings is 2. The van der Waals surface area contributed by atoms with Crippen molar-refractivity contribution in [3.05, 3.63) is 77.4 Å². The Balaban J connectivity index is 2.50. The van der Waals surface area contributed by atoms with E-state index in [0.29, 0.717) is 11.3 Å². The monoisotopic (exact) mass is 495 g/mol. The van der Waals surface area contributed by atoms with Gasteiger partial charge in [0.05, 0.1) is 6.61 Å². The van der Waals surface area contributed by atoms with Crippen LogP contribution in [-0.2, 0) is 14.3 Å². The molecule has 2 aromatic carbocycles. The van der Waals surface area contributed by atoms with Gasteiger partial charge >= 0.3 is 6.09 Å². The number of hydrogen-bond donors (Lipinski definition) is 3. The molecular formula is C28H37N3O5. The van der Waals surface area contributed by atoms with Crippen molar-refractivity contribution in [3.8, 4) is 0 Å². The molecule has 3 amide bonds. The van der Waals surface area contributed by atoms with Crippen LogP contribution in [-0.4, -0.2) is 52.7 Å². The van der Waals surface area contributed by atoms with Gasteiger partial charge in [0, 0.05) is 12.2 Å².